The molecule has 1 aliphatic rings. The minimum Gasteiger partial charge on any atom is -0.478 e. The van der Waals surface area contributed by atoms with E-state index in [1.165, 1.54) is 12.1 Å². The van der Waals surface area contributed by atoms with Crippen LogP contribution in [0.5, 0.6) is 0 Å². The van der Waals surface area contributed by atoms with Gasteiger partial charge in [0.15, 0.2) is 0 Å². The molecule has 0 atom stereocenters. The fourth-order valence-corrected chi connectivity index (χ4v) is 2.33. The number of carbonyl (C=O) groups excluding carboxylic acids is 2. The third-order valence-corrected chi connectivity index (χ3v) is 3.37. The lowest BCUT2D eigenvalue weighted by Gasteiger charge is -2.08. The molecular weight excluding hydrogens is 296 g/mol. The number of hydrogen-bond acceptors (Lipinski definition) is 4. The van der Waals surface area contributed by atoms with Crippen molar-refractivity contribution in [3.05, 3.63) is 71.4 Å². The maximum Gasteiger partial charge on any atom is 0.335 e. The van der Waals surface area contributed by atoms with Gasteiger partial charge in [0.05, 0.1) is 11.1 Å². The van der Waals surface area contributed by atoms with Crippen molar-refractivity contribution in [3.8, 4) is 0 Å². The third-order valence-electron chi connectivity index (χ3n) is 3.37. The van der Waals surface area contributed by atoms with E-state index in [1.54, 1.807) is 36.4 Å². The van der Waals surface area contributed by atoms with E-state index in [-0.39, 0.29) is 16.8 Å². The highest BCUT2D eigenvalue weighted by molar-refractivity contribution is 6.36. The monoisotopic (exact) mass is 308 g/mol. The SMILES string of the molecule is O=C1NC(=O)C(c2ccccc2)=C1Nc1cccc(C(=O)O)c1. The summed E-state index contributed by atoms with van der Waals surface area (Å²) >= 11 is 0. The fraction of sp³-hybridized carbons (Fsp3) is 0. The van der Waals surface area contributed by atoms with Gasteiger partial charge in [0.2, 0.25) is 0 Å². The summed E-state index contributed by atoms with van der Waals surface area (Å²) in [6.07, 6.45) is 0. The highest BCUT2D eigenvalue weighted by Gasteiger charge is 2.31. The zero-order chi connectivity index (χ0) is 16.4. The number of aromatic carboxylic acids is 1. The van der Waals surface area contributed by atoms with Crippen LogP contribution in [-0.4, -0.2) is 22.9 Å². The molecule has 2 amide bonds. The first-order valence-corrected chi connectivity index (χ1v) is 6.82. The van der Waals surface area contributed by atoms with Crippen LogP contribution < -0.4 is 10.6 Å². The number of imide groups is 1. The summed E-state index contributed by atoms with van der Waals surface area (Å²) in [5.74, 6) is -2.11. The van der Waals surface area contributed by atoms with Crippen LogP contribution in [0.4, 0.5) is 5.69 Å². The highest BCUT2D eigenvalue weighted by atomic mass is 16.4. The van der Waals surface area contributed by atoms with E-state index >= 15 is 0 Å². The van der Waals surface area contributed by atoms with Crippen molar-refractivity contribution < 1.29 is 19.5 Å². The summed E-state index contributed by atoms with van der Waals surface area (Å²) in [7, 11) is 0. The largest absolute Gasteiger partial charge is 0.478 e. The van der Waals surface area contributed by atoms with Crippen LogP contribution in [0.3, 0.4) is 0 Å². The average Bonchev–Trinajstić information content (AvgIpc) is 2.82. The first-order chi connectivity index (χ1) is 11.1. The second kappa shape index (κ2) is 5.76. The van der Waals surface area contributed by atoms with Gasteiger partial charge in [0, 0.05) is 5.69 Å². The summed E-state index contributed by atoms with van der Waals surface area (Å²) in [4.78, 5) is 35.1. The van der Waals surface area contributed by atoms with Crippen molar-refractivity contribution in [2.45, 2.75) is 0 Å². The normalized spacial score (nSPS) is 13.9. The van der Waals surface area contributed by atoms with Gasteiger partial charge in [-0.2, -0.15) is 0 Å². The first kappa shape index (κ1) is 14.5. The molecule has 6 heteroatoms. The van der Waals surface area contributed by atoms with E-state index in [2.05, 4.69) is 10.6 Å². The van der Waals surface area contributed by atoms with E-state index in [4.69, 9.17) is 5.11 Å². The summed E-state index contributed by atoms with van der Waals surface area (Å²) < 4.78 is 0. The van der Waals surface area contributed by atoms with E-state index in [0.29, 0.717) is 11.3 Å². The molecule has 0 saturated carbocycles. The Bertz CT molecular complexity index is 841. The minimum atomic E-state index is -1.07. The van der Waals surface area contributed by atoms with Crippen LogP contribution in [-0.2, 0) is 9.59 Å². The third kappa shape index (κ3) is 2.82. The molecule has 23 heavy (non-hydrogen) atoms. The molecule has 2 aromatic rings. The predicted molar refractivity (Wildman–Crippen MR) is 83.5 cm³/mol. The molecule has 0 saturated heterocycles. The van der Waals surface area contributed by atoms with Gasteiger partial charge in [-0.1, -0.05) is 36.4 Å². The molecule has 0 aromatic heterocycles. The Morgan fingerprint density at radius 3 is 2.39 bits per heavy atom. The van der Waals surface area contributed by atoms with Crippen molar-refractivity contribution in [1.82, 2.24) is 5.32 Å². The van der Waals surface area contributed by atoms with Crippen molar-refractivity contribution in [1.29, 1.82) is 0 Å². The van der Waals surface area contributed by atoms with E-state index < -0.39 is 17.8 Å². The van der Waals surface area contributed by atoms with Gasteiger partial charge < -0.3 is 10.4 Å². The molecular formula is C17H12N2O4. The molecule has 0 fully saturated rings. The molecule has 0 unspecified atom stereocenters. The Morgan fingerprint density at radius 2 is 1.70 bits per heavy atom. The van der Waals surface area contributed by atoms with Gasteiger partial charge in [-0.15, -0.1) is 0 Å². The molecule has 3 rings (SSSR count). The number of amides is 2. The summed E-state index contributed by atoms with van der Waals surface area (Å²) in [5, 5.41) is 14.1. The predicted octanol–water partition coefficient (Wildman–Crippen LogP) is 1.86. The number of carboxylic acid groups (broad SMARTS) is 1. The number of nitrogens with one attached hydrogen (secondary N) is 2. The molecule has 1 heterocycles. The summed E-state index contributed by atoms with van der Waals surface area (Å²) in [6.45, 7) is 0. The first-order valence-electron chi connectivity index (χ1n) is 6.82. The number of benzene rings is 2. The highest BCUT2D eigenvalue weighted by Crippen LogP contribution is 2.25. The summed E-state index contributed by atoms with van der Waals surface area (Å²) in [5.41, 5.74) is 1.44. The van der Waals surface area contributed by atoms with Crippen molar-refractivity contribution in [2.75, 3.05) is 5.32 Å². The fourth-order valence-electron chi connectivity index (χ4n) is 2.33. The van der Waals surface area contributed by atoms with E-state index in [9.17, 15) is 14.4 Å². The van der Waals surface area contributed by atoms with Crippen LogP contribution in [0, 0.1) is 0 Å². The van der Waals surface area contributed by atoms with Crippen LogP contribution in [0.2, 0.25) is 0 Å². The maximum absolute atomic E-state index is 12.0. The Balaban J connectivity index is 2.03. The van der Waals surface area contributed by atoms with Gasteiger partial charge in [-0.05, 0) is 23.8 Å². The lowest BCUT2D eigenvalue weighted by Crippen LogP contribution is -2.24. The Morgan fingerprint density at radius 1 is 0.957 bits per heavy atom. The molecule has 2 aromatic carbocycles. The van der Waals surface area contributed by atoms with Crippen LogP contribution >= 0.6 is 0 Å². The van der Waals surface area contributed by atoms with Crippen molar-refractivity contribution in [2.24, 2.45) is 0 Å². The maximum atomic E-state index is 12.0. The Labute approximate surface area is 131 Å². The lowest BCUT2D eigenvalue weighted by atomic mass is 10.0. The number of rotatable bonds is 4. The van der Waals surface area contributed by atoms with Crippen molar-refractivity contribution >= 4 is 29.0 Å². The molecule has 3 N–H and O–H groups in total. The van der Waals surface area contributed by atoms with E-state index in [1.807, 2.05) is 6.07 Å². The average molecular weight is 308 g/mol. The quantitative estimate of drug-likeness (QED) is 0.749. The topological polar surface area (TPSA) is 95.5 Å². The van der Waals surface area contributed by atoms with E-state index in [0.717, 1.165) is 0 Å². The zero-order valence-corrected chi connectivity index (χ0v) is 11.9. The van der Waals surface area contributed by atoms with Gasteiger partial charge in [-0.3, -0.25) is 14.9 Å². The Hall–Kier alpha value is -3.41. The minimum absolute atomic E-state index is 0.0848. The second-order valence-corrected chi connectivity index (χ2v) is 4.91. The standard InChI is InChI=1S/C17H12N2O4/c20-15-13(10-5-2-1-3-6-10)14(16(21)19-15)18-12-8-4-7-11(9-12)17(22)23/h1-9H,(H,22,23)(H2,18,19,20,21). The number of carboxylic acids is 1. The van der Waals surface area contributed by atoms with Crippen LogP contribution in [0.1, 0.15) is 15.9 Å². The van der Waals surface area contributed by atoms with Crippen molar-refractivity contribution in [3.63, 3.8) is 0 Å². The molecule has 0 bridgehead atoms. The van der Waals surface area contributed by atoms with Gasteiger partial charge in [0.25, 0.3) is 11.8 Å². The number of hydrogen-bond donors (Lipinski definition) is 3. The Kier molecular flexibility index (Phi) is 3.64. The van der Waals surface area contributed by atoms with Crippen LogP contribution in [0.25, 0.3) is 5.57 Å². The molecule has 0 aliphatic carbocycles. The molecule has 0 spiro atoms. The number of anilines is 1. The molecule has 6 nitrogen and oxygen atoms in total. The van der Waals surface area contributed by atoms with Crippen LogP contribution in [0.15, 0.2) is 60.3 Å². The van der Waals surface area contributed by atoms with Gasteiger partial charge >= 0.3 is 5.97 Å². The van der Waals surface area contributed by atoms with Gasteiger partial charge in [-0.25, -0.2) is 4.79 Å². The molecule has 1 aliphatic heterocycles. The zero-order valence-electron chi connectivity index (χ0n) is 11.9. The number of carbonyl (C=O) groups is 3. The molecule has 0 radical (unpaired) electrons. The molecule has 114 valence electrons. The lowest BCUT2D eigenvalue weighted by molar-refractivity contribution is -0.123. The second-order valence-electron chi connectivity index (χ2n) is 4.91. The summed E-state index contributed by atoms with van der Waals surface area (Å²) in [6, 6.07) is 14.8. The smallest absolute Gasteiger partial charge is 0.335 e. The van der Waals surface area contributed by atoms with Gasteiger partial charge in [0.1, 0.15) is 5.70 Å².